The first-order valence-corrected chi connectivity index (χ1v) is 8.92. The molecule has 2 rings (SSSR count). The van der Waals surface area contributed by atoms with Gasteiger partial charge < -0.3 is 0 Å². The van der Waals surface area contributed by atoms with Gasteiger partial charge in [-0.25, -0.2) is 0 Å². The number of fused-ring (bicyclic) bond motifs is 1. The second kappa shape index (κ2) is 8.15. The van der Waals surface area contributed by atoms with Crippen LogP contribution in [-0.2, 0) is 12.8 Å². The van der Waals surface area contributed by atoms with Crippen molar-refractivity contribution in [3.05, 3.63) is 88.6 Å². The number of allylic oxidation sites excluding steroid dienone is 8. The van der Waals surface area contributed by atoms with Gasteiger partial charge in [-0.3, -0.25) is 0 Å². The molecule has 0 bridgehead atoms. The molecule has 1 aliphatic carbocycles. The van der Waals surface area contributed by atoms with Gasteiger partial charge in [0.25, 0.3) is 0 Å². The van der Waals surface area contributed by atoms with Gasteiger partial charge >= 0.3 is 0 Å². The van der Waals surface area contributed by atoms with Crippen molar-refractivity contribution in [3.8, 4) is 0 Å². The molecule has 0 nitrogen and oxygen atoms in total. The van der Waals surface area contributed by atoms with Crippen LogP contribution in [-0.4, -0.2) is 0 Å². The first-order chi connectivity index (χ1) is 11.5. The van der Waals surface area contributed by atoms with Crippen LogP contribution in [0.5, 0.6) is 0 Å². The number of hydrogen-bond donors (Lipinski definition) is 0. The third kappa shape index (κ3) is 4.26. The standard InChI is InChI=1S/C24H30/c1-7-18(5)9-10-20(8-2)11-12-21-13-14-22-15-19(6)24(17(3)4)23(22)16-21/h8-10,13-14,16H,2-3,7,11-12,15H2,1,4-6H3/b18-9+,20-10+. The summed E-state index contributed by atoms with van der Waals surface area (Å²) in [6.45, 7) is 16.8. The Kier molecular flexibility index (Phi) is 6.20. The van der Waals surface area contributed by atoms with Gasteiger partial charge in [-0.2, -0.15) is 0 Å². The monoisotopic (exact) mass is 318 g/mol. The van der Waals surface area contributed by atoms with Crippen molar-refractivity contribution in [1.82, 2.24) is 0 Å². The molecule has 0 radical (unpaired) electrons. The van der Waals surface area contributed by atoms with Crippen molar-refractivity contribution in [2.45, 2.75) is 53.4 Å². The highest BCUT2D eigenvalue weighted by Gasteiger charge is 2.19. The third-order valence-corrected chi connectivity index (χ3v) is 4.86. The molecule has 1 aromatic carbocycles. The summed E-state index contributed by atoms with van der Waals surface area (Å²) in [5.41, 5.74) is 10.9. The summed E-state index contributed by atoms with van der Waals surface area (Å²) >= 11 is 0. The van der Waals surface area contributed by atoms with Gasteiger partial charge in [0.05, 0.1) is 0 Å². The molecule has 0 unspecified atom stereocenters. The number of rotatable bonds is 7. The Hall–Kier alpha value is -2.08. The summed E-state index contributed by atoms with van der Waals surface area (Å²) < 4.78 is 0. The van der Waals surface area contributed by atoms with E-state index in [1.54, 1.807) is 0 Å². The molecule has 0 aromatic heterocycles. The van der Waals surface area contributed by atoms with Gasteiger partial charge in [0, 0.05) is 0 Å². The molecule has 0 N–H and O–H groups in total. The van der Waals surface area contributed by atoms with Crippen LogP contribution >= 0.6 is 0 Å². The van der Waals surface area contributed by atoms with Crippen LogP contribution in [0, 0.1) is 0 Å². The van der Waals surface area contributed by atoms with Gasteiger partial charge in [-0.15, -0.1) is 0 Å². The summed E-state index contributed by atoms with van der Waals surface area (Å²) in [4.78, 5) is 0. The summed E-state index contributed by atoms with van der Waals surface area (Å²) in [5.74, 6) is 0. The Balaban J connectivity index is 2.15. The Morgan fingerprint density at radius 3 is 2.58 bits per heavy atom. The molecular weight excluding hydrogens is 288 g/mol. The smallest absolute Gasteiger partial charge is 0.00544 e. The van der Waals surface area contributed by atoms with Crippen LogP contribution in [0.15, 0.2) is 71.9 Å². The van der Waals surface area contributed by atoms with E-state index >= 15 is 0 Å². The van der Waals surface area contributed by atoms with Gasteiger partial charge in [-0.1, -0.05) is 73.2 Å². The fourth-order valence-electron chi connectivity index (χ4n) is 3.27. The highest BCUT2D eigenvalue weighted by atomic mass is 14.2. The van der Waals surface area contributed by atoms with E-state index in [4.69, 9.17) is 0 Å². The molecule has 0 atom stereocenters. The first kappa shape index (κ1) is 18.3. The van der Waals surface area contributed by atoms with Crippen LogP contribution < -0.4 is 0 Å². The fraction of sp³-hybridized carbons (Fsp3) is 0.333. The molecular formula is C24H30. The molecule has 126 valence electrons. The molecule has 0 amide bonds. The second-order valence-electron chi connectivity index (χ2n) is 6.92. The Morgan fingerprint density at radius 2 is 1.96 bits per heavy atom. The lowest BCUT2D eigenvalue weighted by atomic mass is 9.95. The number of hydrogen-bond acceptors (Lipinski definition) is 0. The molecule has 0 saturated heterocycles. The van der Waals surface area contributed by atoms with E-state index in [1.807, 2.05) is 6.08 Å². The lowest BCUT2D eigenvalue weighted by molar-refractivity contribution is 0.962. The maximum absolute atomic E-state index is 4.17. The van der Waals surface area contributed by atoms with E-state index in [2.05, 4.69) is 71.2 Å². The van der Waals surface area contributed by atoms with Crippen molar-refractivity contribution in [2.75, 3.05) is 0 Å². The lowest BCUT2D eigenvalue weighted by Gasteiger charge is -2.09. The van der Waals surface area contributed by atoms with E-state index in [-0.39, 0.29) is 0 Å². The zero-order valence-corrected chi connectivity index (χ0v) is 15.7. The topological polar surface area (TPSA) is 0 Å². The minimum atomic E-state index is 1.03. The van der Waals surface area contributed by atoms with Gasteiger partial charge in [-0.05, 0) is 74.3 Å². The first-order valence-electron chi connectivity index (χ1n) is 8.92. The zero-order chi connectivity index (χ0) is 17.7. The molecule has 0 aliphatic heterocycles. The average Bonchev–Trinajstić information content (AvgIpc) is 2.89. The summed E-state index contributed by atoms with van der Waals surface area (Å²) in [7, 11) is 0. The largest absolute Gasteiger partial charge is 0.0988 e. The molecule has 0 fully saturated rings. The summed E-state index contributed by atoms with van der Waals surface area (Å²) in [6, 6.07) is 6.94. The average molecular weight is 319 g/mol. The summed E-state index contributed by atoms with van der Waals surface area (Å²) in [5, 5.41) is 0. The van der Waals surface area contributed by atoms with Crippen molar-refractivity contribution in [1.29, 1.82) is 0 Å². The molecule has 0 spiro atoms. The molecule has 0 saturated carbocycles. The SMILES string of the molecule is C=C/C(=C\C=C(/C)CC)CCc1ccc2c(c1)C(C(=C)C)=C(C)C2. The van der Waals surface area contributed by atoms with E-state index < -0.39 is 0 Å². The predicted molar refractivity (Wildman–Crippen MR) is 108 cm³/mol. The van der Waals surface area contributed by atoms with E-state index in [0.29, 0.717) is 0 Å². The Morgan fingerprint density at radius 1 is 1.21 bits per heavy atom. The van der Waals surface area contributed by atoms with Crippen LogP contribution in [0.25, 0.3) is 5.57 Å². The van der Waals surface area contributed by atoms with Crippen LogP contribution in [0.3, 0.4) is 0 Å². The highest BCUT2D eigenvalue weighted by Crippen LogP contribution is 2.37. The van der Waals surface area contributed by atoms with E-state index in [9.17, 15) is 0 Å². The zero-order valence-electron chi connectivity index (χ0n) is 15.7. The number of aryl methyl sites for hydroxylation is 1. The predicted octanol–water partition coefficient (Wildman–Crippen LogP) is 6.99. The highest BCUT2D eigenvalue weighted by molar-refractivity contribution is 5.85. The summed E-state index contributed by atoms with van der Waals surface area (Å²) in [6.07, 6.45) is 10.6. The molecule has 0 heterocycles. The van der Waals surface area contributed by atoms with Gasteiger partial charge in [0.15, 0.2) is 0 Å². The molecule has 1 aromatic rings. The minimum absolute atomic E-state index is 1.03. The molecule has 0 heteroatoms. The van der Waals surface area contributed by atoms with Crippen LogP contribution in [0.2, 0.25) is 0 Å². The Bertz CT molecular complexity index is 735. The molecule has 24 heavy (non-hydrogen) atoms. The van der Waals surface area contributed by atoms with Crippen LogP contribution in [0.4, 0.5) is 0 Å². The number of benzene rings is 1. The van der Waals surface area contributed by atoms with E-state index in [0.717, 1.165) is 25.7 Å². The van der Waals surface area contributed by atoms with Crippen molar-refractivity contribution in [3.63, 3.8) is 0 Å². The van der Waals surface area contributed by atoms with Crippen molar-refractivity contribution in [2.24, 2.45) is 0 Å². The van der Waals surface area contributed by atoms with E-state index in [1.165, 1.54) is 44.6 Å². The fourth-order valence-corrected chi connectivity index (χ4v) is 3.27. The Labute approximate surface area is 148 Å². The van der Waals surface area contributed by atoms with Crippen LogP contribution in [0.1, 0.15) is 57.2 Å². The van der Waals surface area contributed by atoms with Crippen molar-refractivity contribution >= 4 is 5.57 Å². The second-order valence-corrected chi connectivity index (χ2v) is 6.92. The van der Waals surface area contributed by atoms with Gasteiger partial charge in [0.1, 0.15) is 0 Å². The maximum Gasteiger partial charge on any atom is -0.00544 e. The normalized spacial score (nSPS) is 14.8. The third-order valence-electron chi connectivity index (χ3n) is 4.86. The van der Waals surface area contributed by atoms with Gasteiger partial charge in [0.2, 0.25) is 0 Å². The quantitative estimate of drug-likeness (QED) is 0.475. The lowest BCUT2D eigenvalue weighted by Crippen LogP contribution is -1.92. The minimum Gasteiger partial charge on any atom is -0.0988 e. The molecule has 1 aliphatic rings. The maximum atomic E-state index is 4.17. The van der Waals surface area contributed by atoms with Crippen molar-refractivity contribution < 1.29 is 0 Å².